The Labute approximate surface area is 67.9 Å². The molecule has 0 atom stereocenters. The van der Waals surface area contributed by atoms with E-state index in [4.69, 9.17) is 0 Å². The van der Waals surface area contributed by atoms with Crippen molar-refractivity contribution < 1.29 is 0 Å². The van der Waals surface area contributed by atoms with Crippen molar-refractivity contribution in [2.75, 3.05) is 11.8 Å². The Kier molecular flexibility index (Phi) is 1.61. The SMILES string of the molecule is CCB1CNc2ccccc21. The molecule has 0 unspecified atom stereocenters. The zero-order chi connectivity index (χ0) is 7.68. The van der Waals surface area contributed by atoms with Gasteiger partial charge in [-0.05, 0) is 12.5 Å². The lowest BCUT2D eigenvalue weighted by Gasteiger charge is -2.00. The molecule has 1 aliphatic rings. The Morgan fingerprint density at radius 1 is 1.45 bits per heavy atom. The topological polar surface area (TPSA) is 12.0 Å². The van der Waals surface area contributed by atoms with Gasteiger partial charge in [-0.2, -0.15) is 0 Å². The largest absolute Gasteiger partial charge is 0.393 e. The summed E-state index contributed by atoms with van der Waals surface area (Å²) in [7, 11) is 0. The summed E-state index contributed by atoms with van der Waals surface area (Å²) in [6.45, 7) is 2.99. The molecule has 0 bridgehead atoms. The first-order valence-electron chi connectivity index (χ1n) is 4.24. The Morgan fingerprint density at radius 2 is 2.27 bits per heavy atom. The van der Waals surface area contributed by atoms with Gasteiger partial charge in [-0.3, -0.25) is 0 Å². The van der Waals surface area contributed by atoms with Crippen LogP contribution in [0.5, 0.6) is 0 Å². The first-order valence-corrected chi connectivity index (χ1v) is 4.24. The van der Waals surface area contributed by atoms with E-state index >= 15 is 0 Å². The van der Waals surface area contributed by atoms with E-state index in [1.54, 1.807) is 0 Å². The molecule has 11 heavy (non-hydrogen) atoms. The number of benzene rings is 1. The van der Waals surface area contributed by atoms with Crippen molar-refractivity contribution in [3.63, 3.8) is 0 Å². The number of fused-ring (bicyclic) bond motifs is 1. The van der Waals surface area contributed by atoms with Crippen LogP contribution >= 0.6 is 0 Å². The third-order valence-electron chi connectivity index (χ3n) is 2.43. The standard InChI is InChI=1S/C9H12BN/c1-2-10-7-11-9-6-4-3-5-8(9)10/h3-6,11H,2,7H2,1H3. The van der Waals surface area contributed by atoms with Gasteiger partial charge in [0.2, 0.25) is 0 Å². The third-order valence-corrected chi connectivity index (χ3v) is 2.43. The third kappa shape index (κ3) is 1.03. The van der Waals surface area contributed by atoms with Crippen LogP contribution in [0.1, 0.15) is 6.92 Å². The Hall–Kier alpha value is -0.915. The smallest absolute Gasteiger partial charge is 0.199 e. The minimum atomic E-state index is 0.742. The predicted octanol–water partition coefficient (Wildman–Crippen LogP) is 1.37. The van der Waals surface area contributed by atoms with Gasteiger partial charge in [0.1, 0.15) is 0 Å². The molecule has 0 aromatic heterocycles. The summed E-state index contributed by atoms with van der Waals surface area (Å²) in [5.41, 5.74) is 2.83. The quantitative estimate of drug-likeness (QED) is 0.588. The molecule has 2 heteroatoms. The van der Waals surface area contributed by atoms with Gasteiger partial charge in [0, 0.05) is 5.69 Å². The van der Waals surface area contributed by atoms with E-state index in [-0.39, 0.29) is 0 Å². The average Bonchev–Trinajstić information content (AvgIpc) is 2.47. The van der Waals surface area contributed by atoms with Crippen LogP contribution in [0, 0.1) is 0 Å². The zero-order valence-corrected chi connectivity index (χ0v) is 6.80. The Morgan fingerprint density at radius 3 is 3.09 bits per heavy atom. The lowest BCUT2D eigenvalue weighted by Crippen LogP contribution is -2.27. The second-order valence-electron chi connectivity index (χ2n) is 3.07. The predicted molar refractivity (Wildman–Crippen MR) is 50.8 cm³/mol. The molecule has 1 nitrogen and oxygen atoms in total. The van der Waals surface area contributed by atoms with Crippen molar-refractivity contribution in [3.8, 4) is 0 Å². The summed E-state index contributed by atoms with van der Waals surface area (Å²) in [5.74, 6) is 0. The van der Waals surface area contributed by atoms with Crippen molar-refractivity contribution in [1.29, 1.82) is 0 Å². The molecule has 1 N–H and O–H groups in total. The van der Waals surface area contributed by atoms with Crippen LogP contribution in [0.3, 0.4) is 0 Å². The van der Waals surface area contributed by atoms with Crippen LogP contribution in [0.2, 0.25) is 6.32 Å². The zero-order valence-electron chi connectivity index (χ0n) is 6.80. The van der Waals surface area contributed by atoms with Gasteiger partial charge in [-0.15, -0.1) is 0 Å². The van der Waals surface area contributed by atoms with Crippen LogP contribution in [0.15, 0.2) is 24.3 Å². The highest BCUT2D eigenvalue weighted by Gasteiger charge is 2.22. The lowest BCUT2D eigenvalue weighted by molar-refractivity contribution is 1.38. The summed E-state index contributed by atoms with van der Waals surface area (Å²) in [6.07, 6.45) is 2.36. The first-order chi connectivity index (χ1) is 5.42. The fourth-order valence-electron chi connectivity index (χ4n) is 1.72. The van der Waals surface area contributed by atoms with Gasteiger partial charge in [0.15, 0.2) is 6.71 Å². The number of hydrogen-bond acceptors (Lipinski definition) is 1. The normalized spacial score (nSPS) is 14.5. The molecule has 0 saturated heterocycles. The average molecular weight is 145 g/mol. The summed E-state index contributed by atoms with van der Waals surface area (Å²) in [4.78, 5) is 0. The fraction of sp³-hybridized carbons (Fsp3) is 0.333. The molecule has 0 aliphatic carbocycles. The molecular formula is C9H12BN. The number of anilines is 1. The molecule has 0 saturated carbocycles. The maximum absolute atomic E-state index is 3.40. The van der Waals surface area contributed by atoms with Crippen molar-refractivity contribution in [1.82, 2.24) is 0 Å². The maximum Gasteiger partial charge on any atom is 0.199 e. The Balaban J connectivity index is 2.39. The minimum Gasteiger partial charge on any atom is -0.393 e. The molecule has 0 fully saturated rings. The highest BCUT2D eigenvalue weighted by Crippen LogP contribution is 2.12. The van der Waals surface area contributed by atoms with Crippen LogP contribution in [0.25, 0.3) is 0 Å². The summed E-state index contributed by atoms with van der Waals surface area (Å²) in [6, 6.07) is 8.59. The molecule has 1 aromatic rings. The highest BCUT2D eigenvalue weighted by molar-refractivity contribution is 6.76. The Bertz CT molecular complexity index is 259. The number of para-hydroxylation sites is 1. The first kappa shape index (κ1) is 6.77. The number of rotatable bonds is 1. The van der Waals surface area contributed by atoms with Crippen LogP contribution in [0.4, 0.5) is 5.69 Å². The van der Waals surface area contributed by atoms with E-state index in [2.05, 4.69) is 36.5 Å². The van der Waals surface area contributed by atoms with E-state index in [9.17, 15) is 0 Å². The van der Waals surface area contributed by atoms with Gasteiger partial charge < -0.3 is 5.32 Å². The maximum atomic E-state index is 3.40. The van der Waals surface area contributed by atoms with Gasteiger partial charge in [0.25, 0.3) is 0 Å². The second-order valence-corrected chi connectivity index (χ2v) is 3.07. The molecule has 2 rings (SSSR count). The molecule has 1 aromatic carbocycles. The van der Waals surface area contributed by atoms with E-state index in [1.807, 2.05) is 0 Å². The van der Waals surface area contributed by atoms with E-state index in [0.29, 0.717) is 0 Å². The monoisotopic (exact) mass is 145 g/mol. The van der Waals surface area contributed by atoms with Gasteiger partial charge >= 0.3 is 0 Å². The van der Waals surface area contributed by atoms with Crippen molar-refractivity contribution in [2.45, 2.75) is 13.2 Å². The van der Waals surface area contributed by atoms with Gasteiger partial charge in [0.05, 0.1) is 0 Å². The highest BCUT2D eigenvalue weighted by atomic mass is 14.9. The minimum absolute atomic E-state index is 0.742. The van der Waals surface area contributed by atoms with Crippen molar-refractivity contribution in [3.05, 3.63) is 24.3 Å². The number of nitrogens with one attached hydrogen (secondary N) is 1. The summed E-state index contributed by atoms with van der Waals surface area (Å²) in [5, 5.41) is 3.40. The van der Waals surface area contributed by atoms with Gasteiger partial charge in [-0.25, -0.2) is 0 Å². The van der Waals surface area contributed by atoms with Crippen LogP contribution in [-0.4, -0.2) is 13.2 Å². The molecule has 0 radical (unpaired) electrons. The molecular weight excluding hydrogens is 133 g/mol. The lowest BCUT2D eigenvalue weighted by atomic mass is 9.45. The van der Waals surface area contributed by atoms with E-state index in [0.717, 1.165) is 13.2 Å². The second kappa shape index (κ2) is 2.61. The molecule has 56 valence electrons. The molecule has 0 spiro atoms. The molecule has 0 amide bonds. The van der Waals surface area contributed by atoms with E-state index in [1.165, 1.54) is 17.5 Å². The fourth-order valence-corrected chi connectivity index (χ4v) is 1.72. The van der Waals surface area contributed by atoms with Crippen molar-refractivity contribution in [2.24, 2.45) is 0 Å². The molecule has 1 heterocycles. The number of hydrogen-bond donors (Lipinski definition) is 1. The summed E-state index contributed by atoms with van der Waals surface area (Å²) < 4.78 is 0. The van der Waals surface area contributed by atoms with Crippen LogP contribution < -0.4 is 10.8 Å². The van der Waals surface area contributed by atoms with E-state index < -0.39 is 0 Å². The van der Waals surface area contributed by atoms with Crippen molar-refractivity contribution >= 4 is 17.9 Å². The molecule has 1 aliphatic heterocycles. The van der Waals surface area contributed by atoms with Crippen LogP contribution in [-0.2, 0) is 0 Å². The van der Waals surface area contributed by atoms with Gasteiger partial charge in [-0.1, -0.05) is 36.9 Å². The summed E-state index contributed by atoms with van der Waals surface area (Å²) >= 11 is 0.